The van der Waals surface area contributed by atoms with E-state index in [4.69, 9.17) is 5.73 Å². The molecule has 1 aromatic carbocycles. The molecule has 0 unspecified atom stereocenters. The minimum atomic E-state index is -0.103. The fourth-order valence-electron chi connectivity index (χ4n) is 1.97. The third-order valence-electron chi connectivity index (χ3n) is 3.12. The zero-order chi connectivity index (χ0) is 14.7. The SMILES string of the molecule is Cc1ccsc1CNC(=O)c1cc(N)ccc1N(C)C. The molecule has 1 amide bonds. The highest BCUT2D eigenvalue weighted by molar-refractivity contribution is 7.10. The van der Waals surface area contributed by atoms with Crippen LogP contribution in [0.1, 0.15) is 20.8 Å². The van der Waals surface area contributed by atoms with E-state index in [2.05, 4.69) is 11.4 Å². The van der Waals surface area contributed by atoms with Gasteiger partial charge in [-0.25, -0.2) is 0 Å². The van der Waals surface area contributed by atoms with Crippen molar-refractivity contribution in [2.45, 2.75) is 13.5 Å². The van der Waals surface area contributed by atoms with E-state index >= 15 is 0 Å². The van der Waals surface area contributed by atoms with Crippen LogP contribution >= 0.6 is 11.3 Å². The van der Waals surface area contributed by atoms with Gasteiger partial charge in [-0.05, 0) is 42.1 Å². The summed E-state index contributed by atoms with van der Waals surface area (Å²) in [5.74, 6) is -0.103. The number of hydrogen-bond donors (Lipinski definition) is 2. The van der Waals surface area contributed by atoms with Crippen LogP contribution < -0.4 is 16.0 Å². The second kappa shape index (κ2) is 5.96. The van der Waals surface area contributed by atoms with Crippen LogP contribution in [-0.2, 0) is 6.54 Å². The van der Waals surface area contributed by atoms with E-state index in [0.717, 1.165) is 5.69 Å². The zero-order valence-electron chi connectivity index (χ0n) is 11.9. The standard InChI is InChI=1S/C15H19N3OS/c1-10-6-7-20-14(10)9-17-15(19)12-8-11(16)4-5-13(12)18(2)3/h4-8H,9,16H2,1-3H3,(H,17,19). The number of aryl methyl sites for hydroxylation is 1. The van der Waals surface area contributed by atoms with Gasteiger partial charge in [-0.1, -0.05) is 0 Å². The Morgan fingerprint density at radius 2 is 2.10 bits per heavy atom. The van der Waals surface area contributed by atoms with Crippen LogP contribution in [0.3, 0.4) is 0 Å². The zero-order valence-corrected chi connectivity index (χ0v) is 12.8. The smallest absolute Gasteiger partial charge is 0.253 e. The molecule has 2 aromatic rings. The molecule has 3 N–H and O–H groups in total. The van der Waals surface area contributed by atoms with Gasteiger partial charge in [-0.3, -0.25) is 4.79 Å². The van der Waals surface area contributed by atoms with Crippen LogP contribution in [0.25, 0.3) is 0 Å². The van der Waals surface area contributed by atoms with Crippen molar-refractivity contribution in [1.29, 1.82) is 0 Å². The molecule has 0 aliphatic rings. The Bertz CT molecular complexity index is 619. The molecule has 0 spiro atoms. The van der Waals surface area contributed by atoms with Gasteiger partial charge in [-0.15, -0.1) is 11.3 Å². The van der Waals surface area contributed by atoms with Gasteiger partial charge in [-0.2, -0.15) is 0 Å². The fraction of sp³-hybridized carbons (Fsp3) is 0.267. The Hall–Kier alpha value is -2.01. The molecule has 1 heterocycles. The first kappa shape index (κ1) is 14.4. The van der Waals surface area contributed by atoms with Crippen molar-refractivity contribution >= 4 is 28.6 Å². The molecule has 0 bridgehead atoms. The number of carbonyl (C=O) groups is 1. The number of nitrogens with one attached hydrogen (secondary N) is 1. The second-order valence-corrected chi connectivity index (χ2v) is 5.88. The number of thiophene rings is 1. The number of nitrogens with two attached hydrogens (primary N) is 1. The molecule has 0 radical (unpaired) electrons. The Morgan fingerprint density at radius 1 is 1.35 bits per heavy atom. The molecule has 5 heteroatoms. The van der Waals surface area contributed by atoms with Crippen molar-refractivity contribution in [3.63, 3.8) is 0 Å². The van der Waals surface area contributed by atoms with E-state index in [9.17, 15) is 4.79 Å². The fourth-order valence-corrected chi connectivity index (χ4v) is 2.81. The average Bonchev–Trinajstić information content (AvgIpc) is 2.81. The molecule has 2 rings (SSSR count). The molecular formula is C15H19N3OS. The molecule has 0 atom stereocenters. The van der Waals surface area contributed by atoms with Crippen molar-refractivity contribution in [3.8, 4) is 0 Å². The highest BCUT2D eigenvalue weighted by atomic mass is 32.1. The number of carbonyl (C=O) groups excluding carboxylic acids is 1. The predicted molar refractivity (Wildman–Crippen MR) is 85.4 cm³/mol. The quantitative estimate of drug-likeness (QED) is 0.851. The van der Waals surface area contributed by atoms with Gasteiger partial charge in [0.15, 0.2) is 0 Å². The maximum atomic E-state index is 12.3. The number of rotatable bonds is 4. The van der Waals surface area contributed by atoms with Gasteiger partial charge < -0.3 is 16.0 Å². The van der Waals surface area contributed by atoms with Crippen LogP contribution in [0.2, 0.25) is 0 Å². The summed E-state index contributed by atoms with van der Waals surface area (Å²) in [6.45, 7) is 2.59. The Kier molecular flexibility index (Phi) is 4.29. The highest BCUT2D eigenvalue weighted by Crippen LogP contribution is 2.22. The van der Waals surface area contributed by atoms with Crippen molar-refractivity contribution in [2.75, 3.05) is 24.7 Å². The average molecular weight is 289 g/mol. The molecule has 0 aliphatic carbocycles. The first-order valence-electron chi connectivity index (χ1n) is 6.37. The summed E-state index contributed by atoms with van der Waals surface area (Å²) in [6, 6.07) is 7.43. The molecule has 0 aliphatic heterocycles. The van der Waals surface area contributed by atoms with E-state index in [-0.39, 0.29) is 5.91 Å². The molecular weight excluding hydrogens is 270 g/mol. The molecule has 20 heavy (non-hydrogen) atoms. The monoisotopic (exact) mass is 289 g/mol. The topological polar surface area (TPSA) is 58.4 Å². The van der Waals surface area contributed by atoms with E-state index < -0.39 is 0 Å². The van der Waals surface area contributed by atoms with Crippen molar-refractivity contribution in [3.05, 3.63) is 45.6 Å². The molecule has 0 saturated heterocycles. The summed E-state index contributed by atoms with van der Waals surface area (Å²) in [5.41, 5.74) is 9.04. The third-order valence-corrected chi connectivity index (χ3v) is 4.15. The number of nitrogens with zero attached hydrogens (tertiary/aromatic N) is 1. The van der Waals surface area contributed by atoms with E-state index in [1.807, 2.05) is 37.4 Å². The summed E-state index contributed by atoms with van der Waals surface area (Å²) < 4.78 is 0. The van der Waals surface area contributed by atoms with Gasteiger partial charge >= 0.3 is 0 Å². The number of nitrogen functional groups attached to an aromatic ring is 1. The van der Waals surface area contributed by atoms with Gasteiger partial charge in [0.05, 0.1) is 12.1 Å². The first-order chi connectivity index (χ1) is 9.49. The van der Waals surface area contributed by atoms with Crippen LogP contribution in [0, 0.1) is 6.92 Å². The summed E-state index contributed by atoms with van der Waals surface area (Å²) in [6.07, 6.45) is 0. The Labute approximate surface area is 123 Å². The van der Waals surface area contributed by atoms with Gasteiger partial charge in [0.25, 0.3) is 5.91 Å². The normalized spacial score (nSPS) is 10.3. The highest BCUT2D eigenvalue weighted by Gasteiger charge is 2.13. The Balaban J connectivity index is 2.16. The van der Waals surface area contributed by atoms with Crippen LogP contribution in [0.5, 0.6) is 0 Å². The first-order valence-corrected chi connectivity index (χ1v) is 7.25. The van der Waals surface area contributed by atoms with Gasteiger partial charge in [0.2, 0.25) is 0 Å². The van der Waals surface area contributed by atoms with Gasteiger partial charge in [0.1, 0.15) is 0 Å². The van der Waals surface area contributed by atoms with E-state index in [0.29, 0.717) is 17.8 Å². The minimum absolute atomic E-state index is 0.103. The van der Waals surface area contributed by atoms with Crippen LogP contribution in [-0.4, -0.2) is 20.0 Å². The number of amides is 1. The largest absolute Gasteiger partial charge is 0.399 e. The third kappa shape index (κ3) is 3.11. The summed E-state index contributed by atoms with van der Waals surface area (Å²) in [7, 11) is 3.82. The molecule has 0 fully saturated rings. The van der Waals surface area contributed by atoms with Crippen LogP contribution in [0.15, 0.2) is 29.6 Å². The second-order valence-electron chi connectivity index (χ2n) is 4.88. The molecule has 1 aromatic heterocycles. The summed E-state index contributed by atoms with van der Waals surface area (Å²) in [4.78, 5) is 15.4. The van der Waals surface area contributed by atoms with Gasteiger partial charge in [0, 0.05) is 30.3 Å². The maximum Gasteiger partial charge on any atom is 0.253 e. The predicted octanol–water partition coefficient (Wildman–Crippen LogP) is 2.63. The lowest BCUT2D eigenvalue weighted by molar-refractivity contribution is 0.0952. The van der Waals surface area contributed by atoms with Crippen molar-refractivity contribution < 1.29 is 4.79 Å². The number of benzene rings is 1. The summed E-state index contributed by atoms with van der Waals surface area (Å²) in [5, 5.41) is 4.98. The molecule has 0 saturated carbocycles. The van der Waals surface area contributed by atoms with Crippen LogP contribution in [0.4, 0.5) is 11.4 Å². The molecule has 106 valence electrons. The van der Waals surface area contributed by atoms with E-state index in [1.54, 1.807) is 23.5 Å². The lowest BCUT2D eigenvalue weighted by Crippen LogP contribution is -2.25. The van der Waals surface area contributed by atoms with Crippen molar-refractivity contribution in [1.82, 2.24) is 5.32 Å². The summed E-state index contributed by atoms with van der Waals surface area (Å²) >= 11 is 1.65. The maximum absolute atomic E-state index is 12.3. The van der Waals surface area contributed by atoms with E-state index in [1.165, 1.54) is 10.4 Å². The Morgan fingerprint density at radius 3 is 2.70 bits per heavy atom. The lowest BCUT2D eigenvalue weighted by Gasteiger charge is -2.17. The van der Waals surface area contributed by atoms with Crippen molar-refractivity contribution in [2.24, 2.45) is 0 Å². The minimum Gasteiger partial charge on any atom is -0.399 e. The lowest BCUT2D eigenvalue weighted by atomic mass is 10.1. The number of hydrogen-bond acceptors (Lipinski definition) is 4. The molecule has 4 nitrogen and oxygen atoms in total. The number of anilines is 2.